The molecule has 1 N–H and O–H groups in total. The minimum absolute atomic E-state index is 0.453. The van der Waals surface area contributed by atoms with Gasteiger partial charge in [0.2, 0.25) is 0 Å². The Balaban J connectivity index is 2.73. The van der Waals surface area contributed by atoms with Gasteiger partial charge in [-0.05, 0) is 38.8 Å². The fraction of sp³-hybridized carbons (Fsp3) is 0.600. The van der Waals surface area contributed by atoms with E-state index in [1.54, 1.807) is 7.11 Å². The van der Waals surface area contributed by atoms with E-state index in [9.17, 15) is 0 Å². The monoisotopic (exact) mass is 235 g/mol. The highest BCUT2D eigenvalue weighted by molar-refractivity contribution is 5.30. The van der Waals surface area contributed by atoms with E-state index < -0.39 is 0 Å². The van der Waals surface area contributed by atoms with Gasteiger partial charge in [0.1, 0.15) is 0 Å². The van der Waals surface area contributed by atoms with E-state index in [0.29, 0.717) is 6.04 Å². The average Bonchev–Trinajstić information content (AvgIpc) is 2.27. The number of hydrogen-bond donors (Lipinski definition) is 1. The number of hydrogen-bond acceptors (Lipinski definition) is 2. The highest BCUT2D eigenvalue weighted by atomic mass is 16.5. The summed E-state index contributed by atoms with van der Waals surface area (Å²) in [6, 6.07) is 7.25. The first kappa shape index (κ1) is 14.2. The molecular weight excluding hydrogens is 210 g/mol. The second-order valence-corrected chi connectivity index (χ2v) is 4.67. The second-order valence-electron chi connectivity index (χ2n) is 4.67. The zero-order valence-electron chi connectivity index (χ0n) is 11.5. The minimum Gasteiger partial charge on any atom is -0.385 e. The van der Waals surface area contributed by atoms with Crippen LogP contribution < -0.4 is 5.32 Å². The standard InChI is InChI=1S/C15H25NO/c1-5-16-15(7-6-8-17-4)14-10-12(2)9-13(3)11-14/h9-11,15-16H,5-8H2,1-4H3. The third kappa shape index (κ3) is 4.88. The Morgan fingerprint density at radius 3 is 2.35 bits per heavy atom. The zero-order chi connectivity index (χ0) is 12.7. The van der Waals surface area contributed by atoms with E-state index in [0.717, 1.165) is 26.0 Å². The van der Waals surface area contributed by atoms with Gasteiger partial charge in [-0.25, -0.2) is 0 Å². The van der Waals surface area contributed by atoms with E-state index in [1.165, 1.54) is 16.7 Å². The Bertz CT molecular complexity index is 315. The van der Waals surface area contributed by atoms with Gasteiger partial charge in [0.05, 0.1) is 0 Å². The van der Waals surface area contributed by atoms with Crippen molar-refractivity contribution >= 4 is 0 Å². The normalized spacial score (nSPS) is 12.7. The van der Waals surface area contributed by atoms with Crippen LogP contribution in [0.15, 0.2) is 18.2 Å². The number of ether oxygens (including phenoxy) is 1. The van der Waals surface area contributed by atoms with E-state index >= 15 is 0 Å². The third-order valence-corrected chi connectivity index (χ3v) is 2.94. The molecule has 0 aliphatic rings. The Morgan fingerprint density at radius 1 is 1.18 bits per heavy atom. The van der Waals surface area contributed by atoms with E-state index in [1.807, 2.05) is 0 Å². The maximum atomic E-state index is 5.13. The first-order chi connectivity index (χ1) is 8.17. The van der Waals surface area contributed by atoms with Crippen molar-refractivity contribution in [2.45, 2.75) is 39.7 Å². The van der Waals surface area contributed by atoms with Gasteiger partial charge in [0.15, 0.2) is 0 Å². The van der Waals surface area contributed by atoms with Crippen LogP contribution in [0.25, 0.3) is 0 Å². The van der Waals surface area contributed by atoms with Crippen LogP contribution in [-0.4, -0.2) is 20.3 Å². The predicted octanol–water partition coefficient (Wildman–Crippen LogP) is 3.38. The summed E-state index contributed by atoms with van der Waals surface area (Å²) >= 11 is 0. The van der Waals surface area contributed by atoms with E-state index in [2.05, 4.69) is 44.3 Å². The quantitative estimate of drug-likeness (QED) is 0.732. The van der Waals surface area contributed by atoms with E-state index in [4.69, 9.17) is 4.74 Å². The van der Waals surface area contributed by atoms with Gasteiger partial charge in [-0.1, -0.05) is 36.2 Å². The molecule has 1 aromatic carbocycles. The van der Waals surface area contributed by atoms with Gasteiger partial charge in [0, 0.05) is 19.8 Å². The topological polar surface area (TPSA) is 21.3 Å². The van der Waals surface area contributed by atoms with Crippen molar-refractivity contribution in [2.24, 2.45) is 0 Å². The van der Waals surface area contributed by atoms with Gasteiger partial charge >= 0.3 is 0 Å². The highest BCUT2D eigenvalue weighted by Crippen LogP contribution is 2.21. The van der Waals surface area contributed by atoms with Crippen molar-refractivity contribution in [1.82, 2.24) is 5.32 Å². The number of benzene rings is 1. The van der Waals surface area contributed by atoms with Crippen LogP contribution in [0.4, 0.5) is 0 Å². The molecule has 1 atom stereocenters. The lowest BCUT2D eigenvalue weighted by molar-refractivity contribution is 0.189. The molecule has 0 amide bonds. The second kappa shape index (κ2) is 7.46. The van der Waals surface area contributed by atoms with Crippen LogP contribution in [0.5, 0.6) is 0 Å². The molecule has 2 nitrogen and oxygen atoms in total. The number of methoxy groups -OCH3 is 1. The minimum atomic E-state index is 0.453. The predicted molar refractivity (Wildman–Crippen MR) is 73.4 cm³/mol. The van der Waals surface area contributed by atoms with Crippen LogP contribution in [0.1, 0.15) is 42.5 Å². The molecule has 1 rings (SSSR count). The van der Waals surface area contributed by atoms with Crippen molar-refractivity contribution in [1.29, 1.82) is 0 Å². The molecule has 1 unspecified atom stereocenters. The molecule has 0 heterocycles. The molecule has 17 heavy (non-hydrogen) atoms. The Morgan fingerprint density at radius 2 is 1.82 bits per heavy atom. The van der Waals surface area contributed by atoms with Gasteiger partial charge in [0.25, 0.3) is 0 Å². The maximum absolute atomic E-state index is 5.13. The summed E-state index contributed by atoms with van der Waals surface area (Å²) in [5, 5.41) is 3.56. The highest BCUT2D eigenvalue weighted by Gasteiger charge is 2.10. The molecule has 0 fully saturated rings. The molecule has 0 radical (unpaired) electrons. The summed E-state index contributed by atoms with van der Waals surface area (Å²) in [5.74, 6) is 0. The van der Waals surface area contributed by atoms with Gasteiger partial charge in [-0.15, -0.1) is 0 Å². The zero-order valence-corrected chi connectivity index (χ0v) is 11.5. The average molecular weight is 235 g/mol. The fourth-order valence-corrected chi connectivity index (χ4v) is 2.28. The van der Waals surface area contributed by atoms with E-state index in [-0.39, 0.29) is 0 Å². The molecule has 0 saturated carbocycles. The smallest absolute Gasteiger partial charge is 0.0462 e. The third-order valence-electron chi connectivity index (χ3n) is 2.94. The van der Waals surface area contributed by atoms with Crippen LogP contribution in [0, 0.1) is 13.8 Å². The number of rotatable bonds is 7. The molecule has 0 saturated heterocycles. The molecule has 0 spiro atoms. The van der Waals surface area contributed by atoms with Crippen molar-refractivity contribution in [2.75, 3.05) is 20.3 Å². The first-order valence-corrected chi connectivity index (χ1v) is 6.48. The van der Waals surface area contributed by atoms with Gasteiger partial charge in [-0.2, -0.15) is 0 Å². The maximum Gasteiger partial charge on any atom is 0.0462 e. The SMILES string of the molecule is CCNC(CCCOC)c1cc(C)cc(C)c1. The van der Waals surface area contributed by atoms with Crippen molar-refractivity contribution in [3.8, 4) is 0 Å². The van der Waals surface area contributed by atoms with Crippen molar-refractivity contribution < 1.29 is 4.74 Å². The summed E-state index contributed by atoms with van der Waals surface area (Å²) in [4.78, 5) is 0. The lowest BCUT2D eigenvalue weighted by Crippen LogP contribution is -2.21. The fourth-order valence-electron chi connectivity index (χ4n) is 2.28. The molecule has 1 aromatic rings. The van der Waals surface area contributed by atoms with Crippen LogP contribution in [0.2, 0.25) is 0 Å². The van der Waals surface area contributed by atoms with Gasteiger partial charge in [-0.3, -0.25) is 0 Å². The van der Waals surface area contributed by atoms with Crippen molar-refractivity contribution in [3.63, 3.8) is 0 Å². The molecule has 0 bridgehead atoms. The summed E-state index contributed by atoms with van der Waals surface area (Å²) in [6.45, 7) is 8.33. The lowest BCUT2D eigenvalue weighted by Gasteiger charge is -2.19. The Hall–Kier alpha value is -0.860. The largest absolute Gasteiger partial charge is 0.385 e. The summed E-state index contributed by atoms with van der Waals surface area (Å²) in [7, 11) is 1.76. The van der Waals surface area contributed by atoms with Crippen LogP contribution in [-0.2, 0) is 4.74 Å². The number of aryl methyl sites for hydroxylation is 2. The summed E-state index contributed by atoms with van der Waals surface area (Å²) < 4.78 is 5.13. The van der Waals surface area contributed by atoms with Crippen LogP contribution >= 0.6 is 0 Å². The summed E-state index contributed by atoms with van der Waals surface area (Å²) in [5.41, 5.74) is 4.09. The van der Waals surface area contributed by atoms with Crippen molar-refractivity contribution in [3.05, 3.63) is 34.9 Å². The molecule has 2 heteroatoms. The number of nitrogens with one attached hydrogen (secondary N) is 1. The molecule has 0 aliphatic heterocycles. The van der Waals surface area contributed by atoms with Gasteiger partial charge < -0.3 is 10.1 Å². The lowest BCUT2D eigenvalue weighted by atomic mass is 9.98. The Labute approximate surface area is 105 Å². The first-order valence-electron chi connectivity index (χ1n) is 6.48. The van der Waals surface area contributed by atoms with Crippen LogP contribution in [0.3, 0.4) is 0 Å². The molecule has 0 aromatic heterocycles. The summed E-state index contributed by atoms with van der Waals surface area (Å²) in [6.07, 6.45) is 2.23. The molecule has 0 aliphatic carbocycles. The Kier molecular flexibility index (Phi) is 6.23. The molecule has 96 valence electrons. The molecular formula is C15H25NO.